The fourth-order valence-corrected chi connectivity index (χ4v) is 3.24. The number of aryl methyl sites for hydroxylation is 1. The Bertz CT molecular complexity index is 405. The van der Waals surface area contributed by atoms with E-state index in [0.717, 1.165) is 44.3 Å². The van der Waals surface area contributed by atoms with Crippen LogP contribution in [0.2, 0.25) is 0 Å². The third kappa shape index (κ3) is 5.48. The molecule has 1 aromatic heterocycles. The number of ether oxygens (including phenoxy) is 1. The van der Waals surface area contributed by atoms with Gasteiger partial charge in [-0.3, -0.25) is 9.69 Å². The average molecular weight is 301 g/mol. The van der Waals surface area contributed by atoms with Gasteiger partial charge in [-0.1, -0.05) is 0 Å². The smallest absolute Gasteiger partial charge is 0.236 e. The number of hydrogen-bond donors (Lipinski definition) is 1. The summed E-state index contributed by atoms with van der Waals surface area (Å²) in [5, 5.41) is 5.44. The van der Waals surface area contributed by atoms with Gasteiger partial charge in [-0.2, -0.15) is 11.8 Å². The van der Waals surface area contributed by atoms with E-state index in [0.29, 0.717) is 10.9 Å². The second-order valence-corrected chi connectivity index (χ2v) is 6.31. The highest BCUT2D eigenvalue weighted by Gasteiger charge is 2.10. The summed E-state index contributed by atoms with van der Waals surface area (Å²) in [7, 11) is 0. The Balaban J connectivity index is 1.56. The maximum absolute atomic E-state index is 11.7. The topological polar surface area (TPSA) is 54.5 Å². The molecule has 0 aliphatic carbocycles. The molecule has 0 atom stereocenters. The number of amides is 1. The van der Waals surface area contributed by atoms with Gasteiger partial charge >= 0.3 is 0 Å². The molecule has 1 aromatic rings. The summed E-state index contributed by atoms with van der Waals surface area (Å²) in [4.78, 5) is 18.3. The molecule has 1 fully saturated rings. The molecule has 1 saturated heterocycles. The number of carbonyl (C=O) groups is 1. The standard InChI is InChI=1S/C12H19N3O2S2/c1-10-8-19-12(13-10)14-11(16)9-18-7-4-15-2-5-17-6-3-15/h8H,2-7,9H2,1H3,(H,13,14,16). The molecule has 1 amide bonds. The number of aromatic nitrogens is 1. The fraction of sp³-hybridized carbons (Fsp3) is 0.667. The Labute approximate surface area is 121 Å². The van der Waals surface area contributed by atoms with Gasteiger partial charge in [0.1, 0.15) is 0 Å². The SMILES string of the molecule is Cc1csc(NC(=O)CSCCN2CCOCC2)n1. The lowest BCUT2D eigenvalue weighted by Gasteiger charge is -2.26. The molecule has 1 aliphatic heterocycles. The summed E-state index contributed by atoms with van der Waals surface area (Å²) >= 11 is 3.13. The summed E-state index contributed by atoms with van der Waals surface area (Å²) in [6, 6.07) is 0. The molecule has 2 heterocycles. The van der Waals surface area contributed by atoms with E-state index in [2.05, 4.69) is 15.2 Å². The van der Waals surface area contributed by atoms with Crippen molar-refractivity contribution >= 4 is 34.1 Å². The van der Waals surface area contributed by atoms with Crippen LogP contribution < -0.4 is 5.32 Å². The molecular weight excluding hydrogens is 282 g/mol. The van der Waals surface area contributed by atoms with Crippen molar-refractivity contribution in [3.63, 3.8) is 0 Å². The van der Waals surface area contributed by atoms with Crippen molar-refractivity contribution in [1.82, 2.24) is 9.88 Å². The van der Waals surface area contributed by atoms with Gasteiger partial charge in [-0.05, 0) is 6.92 Å². The molecule has 2 rings (SSSR count). The van der Waals surface area contributed by atoms with E-state index in [-0.39, 0.29) is 5.91 Å². The van der Waals surface area contributed by atoms with Crippen molar-refractivity contribution in [3.05, 3.63) is 11.1 Å². The van der Waals surface area contributed by atoms with Crippen molar-refractivity contribution in [3.8, 4) is 0 Å². The number of hydrogen-bond acceptors (Lipinski definition) is 6. The Morgan fingerprint density at radius 1 is 1.58 bits per heavy atom. The molecule has 7 heteroatoms. The molecule has 0 spiro atoms. The molecule has 0 saturated carbocycles. The number of anilines is 1. The molecule has 0 unspecified atom stereocenters. The van der Waals surface area contributed by atoms with Crippen LogP contribution in [0.3, 0.4) is 0 Å². The van der Waals surface area contributed by atoms with Gasteiger partial charge in [-0.15, -0.1) is 11.3 Å². The monoisotopic (exact) mass is 301 g/mol. The van der Waals surface area contributed by atoms with Crippen molar-refractivity contribution in [2.75, 3.05) is 49.7 Å². The second kappa shape index (κ2) is 7.84. The third-order valence-corrected chi connectivity index (χ3v) is 4.57. The minimum absolute atomic E-state index is 0.0290. The zero-order chi connectivity index (χ0) is 13.5. The summed E-state index contributed by atoms with van der Waals surface area (Å²) < 4.78 is 5.29. The predicted molar refractivity (Wildman–Crippen MR) is 80.1 cm³/mol. The number of nitrogens with one attached hydrogen (secondary N) is 1. The molecule has 19 heavy (non-hydrogen) atoms. The van der Waals surface area contributed by atoms with E-state index in [1.54, 1.807) is 11.8 Å². The summed E-state index contributed by atoms with van der Waals surface area (Å²) in [6.45, 7) is 6.61. The van der Waals surface area contributed by atoms with Crippen LogP contribution in [0, 0.1) is 6.92 Å². The van der Waals surface area contributed by atoms with Gasteiger partial charge in [-0.25, -0.2) is 4.98 Å². The molecule has 1 aliphatic rings. The largest absolute Gasteiger partial charge is 0.379 e. The minimum Gasteiger partial charge on any atom is -0.379 e. The zero-order valence-electron chi connectivity index (χ0n) is 11.1. The Morgan fingerprint density at radius 2 is 2.37 bits per heavy atom. The molecule has 1 N–H and O–H groups in total. The maximum Gasteiger partial charge on any atom is 0.236 e. The lowest BCUT2D eigenvalue weighted by molar-refractivity contribution is -0.113. The first-order chi connectivity index (χ1) is 9.24. The summed E-state index contributed by atoms with van der Waals surface area (Å²) in [5.41, 5.74) is 0.945. The lowest BCUT2D eigenvalue weighted by Crippen LogP contribution is -2.37. The van der Waals surface area contributed by atoms with Crippen molar-refractivity contribution in [2.45, 2.75) is 6.92 Å². The van der Waals surface area contributed by atoms with Gasteiger partial charge in [0.05, 0.1) is 24.7 Å². The van der Waals surface area contributed by atoms with E-state index in [9.17, 15) is 4.79 Å². The lowest BCUT2D eigenvalue weighted by atomic mass is 10.4. The van der Waals surface area contributed by atoms with Gasteiger partial charge in [0, 0.05) is 30.8 Å². The van der Waals surface area contributed by atoms with E-state index in [4.69, 9.17) is 4.74 Å². The van der Waals surface area contributed by atoms with Crippen LogP contribution in [0.15, 0.2) is 5.38 Å². The van der Waals surface area contributed by atoms with Crippen molar-refractivity contribution < 1.29 is 9.53 Å². The third-order valence-electron chi connectivity index (χ3n) is 2.75. The van der Waals surface area contributed by atoms with Crippen molar-refractivity contribution in [1.29, 1.82) is 0 Å². The summed E-state index contributed by atoms with van der Waals surface area (Å²) in [6.07, 6.45) is 0. The number of nitrogens with zero attached hydrogens (tertiary/aromatic N) is 2. The van der Waals surface area contributed by atoms with E-state index < -0.39 is 0 Å². The van der Waals surface area contributed by atoms with Gasteiger partial charge < -0.3 is 10.1 Å². The predicted octanol–water partition coefficient (Wildman–Crippen LogP) is 1.46. The average Bonchev–Trinajstić information content (AvgIpc) is 2.81. The number of morpholine rings is 1. The Morgan fingerprint density at radius 3 is 3.05 bits per heavy atom. The first kappa shape index (κ1) is 14.8. The maximum atomic E-state index is 11.7. The number of carbonyl (C=O) groups excluding carboxylic acids is 1. The first-order valence-electron chi connectivity index (χ1n) is 6.34. The van der Waals surface area contributed by atoms with E-state index >= 15 is 0 Å². The minimum atomic E-state index is 0.0290. The Kier molecular flexibility index (Phi) is 6.09. The van der Waals surface area contributed by atoms with Crippen LogP contribution >= 0.6 is 23.1 Å². The first-order valence-corrected chi connectivity index (χ1v) is 8.37. The number of thioether (sulfide) groups is 1. The Hall–Kier alpha value is -0.630. The molecule has 5 nitrogen and oxygen atoms in total. The van der Waals surface area contributed by atoms with Gasteiger partial charge in [0.15, 0.2) is 5.13 Å². The molecule has 0 aromatic carbocycles. The van der Waals surface area contributed by atoms with Crippen LogP contribution in [0.5, 0.6) is 0 Å². The molecule has 0 bridgehead atoms. The fourth-order valence-electron chi connectivity index (χ4n) is 1.75. The highest BCUT2D eigenvalue weighted by molar-refractivity contribution is 7.99. The van der Waals surface area contributed by atoms with E-state index in [1.165, 1.54) is 11.3 Å². The van der Waals surface area contributed by atoms with Gasteiger partial charge in [0.2, 0.25) is 5.91 Å². The number of rotatable bonds is 6. The molecule has 106 valence electrons. The normalized spacial score (nSPS) is 16.5. The molecular formula is C12H19N3O2S2. The van der Waals surface area contributed by atoms with E-state index in [1.807, 2.05) is 12.3 Å². The molecule has 0 radical (unpaired) electrons. The van der Waals surface area contributed by atoms with Crippen LogP contribution in [0.25, 0.3) is 0 Å². The van der Waals surface area contributed by atoms with Gasteiger partial charge in [0.25, 0.3) is 0 Å². The van der Waals surface area contributed by atoms with Crippen LogP contribution in [0.1, 0.15) is 5.69 Å². The quantitative estimate of drug-likeness (QED) is 0.806. The number of thiazole rings is 1. The highest BCUT2D eigenvalue weighted by Crippen LogP contribution is 2.14. The van der Waals surface area contributed by atoms with Crippen LogP contribution in [0.4, 0.5) is 5.13 Å². The van der Waals surface area contributed by atoms with Crippen LogP contribution in [-0.2, 0) is 9.53 Å². The van der Waals surface area contributed by atoms with Crippen molar-refractivity contribution in [2.24, 2.45) is 0 Å². The summed E-state index contributed by atoms with van der Waals surface area (Å²) in [5.74, 6) is 1.49. The second-order valence-electron chi connectivity index (χ2n) is 4.35. The van der Waals surface area contributed by atoms with Crippen LogP contribution in [-0.4, -0.2) is 60.1 Å². The zero-order valence-corrected chi connectivity index (χ0v) is 12.7. The highest BCUT2D eigenvalue weighted by atomic mass is 32.2.